The molecule has 1 fully saturated rings. The maximum absolute atomic E-state index is 8.60. The van der Waals surface area contributed by atoms with E-state index in [1.165, 1.54) is 25.7 Å². The van der Waals surface area contributed by atoms with Crippen molar-refractivity contribution in [2.24, 2.45) is 16.8 Å². The molecular formula is C13H27N3O2. The van der Waals surface area contributed by atoms with E-state index in [9.17, 15) is 0 Å². The summed E-state index contributed by atoms with van der Waals surface area (Å²) in [5, 5.41) is 11.6. The molecular weight excluding hydrogens is 230 g/mol. The lowest BCUT2D eigenvalue weighted by Crippen LogP contribution is -2.42. The molecule has 0 bridgehead atoms. The number of rotatable bonds is 7. The predicted octanol–water partition coefficient (Wildman–Crippen LogP) is 1.65. The zero-order valence-electron chi connectivity index (χ0n) is 11.6. The molecule has 1 aliphatic rings. The molecule has 1 aliphatic carbocycles. The lowest BCUT2D eigenvalue weighted by atomic mass is 9.86. The minimum Gasteiger partial charge on any atom is -0.409 e. The minimum atomic E-state index is 0.307. The van der Waals surface area contributed by atoms with Crippen LogP contribution < -0.4 is 5.73 Å². The van der Waals surface area contributed by atoms with Crippen LogP contribution in [0, 0.1) is 5.92 Å². The van der Waals surface area contributed by atoms with Gasteiger partial charge in [0.15, 0.2) is 0 Å². The van der Waals surface area contributed by atoms with Crippen molar-refractivity contribution in [3.05, 3.63) is 0 Å². The van der Waals surface area contributed by atoms with Crippen LogP contribution in [0.3, 0.4) is 0 Å². The maximum Gasteiger partial charge on any atom is 0.140 e. The van der Waals surface area contributed by atoms with Crippen LogP contribution in [0.25, 0.3) is 0 Å². The lowest BCUT2D eigenvalue weighted by molar-refractivity contribution is 0.0933. The molecule has 0 radical (unpaired) electrons. The Morgan fingerprint density at radius 1 is 1.44 bits per heavy atom. The van der Waals surface area contributed by atoms with Crippen molar-refractivity contribution in [2.45, 2.75) is 45.1 Å². The van der Waals surface area contributed by atoms with Gasteiger partial charge in [0.25, 0.3) is 0 Å². The molecule has 0 heterocycles. The van der Waals surface area contributed by atoms with Crippen LogP contribution in [0.5, 0.6) is 0 Å². The molecule has 18 heavy (non-hydrogen) atoms. The fourth-order valence-corrected chi connectivity index (χ4v) is 2.73. The van der Waals surface area contributed by atoms with Crippen LogP contribution in [0.1, 0.15) is 39.0 Å². The molecule has 0 aromatic heterocycles. The Kier molecular flexibility index (Phi) is 7.05. The molecule has 1 saturated carbocycles. The smallest absolute Gasteiger partial charge is 0.140 e. The number of oxime groups is 1. The summed E-state index contributed by atoms with van der Waals surface area (Å²) in [7, 11) is 1.73. The molecule has 1 rings (SSSR count). The summed E-state index contributed by atoms with van der Waals surface area (Å²) in [6.07, 6.45) is 5.77. The SMILES string of the molecule is COCCN(CCC(N)=NO)C1CCCC(C)C1. The van der Waals surface area contributed by atoms with Gasteiger partial charge in [-0.3, -0.25) is 4.90 Å². The summed E-state index contributed by atoms with van der Waals surface area (Å²) in [6, 6.07) is 0.621. The van der Waals surface area contributed by atoms with Crippen molar-refractivity contribution in [1.29, 1.82) is 0 Å². The van der Waals surface area contributed by atoms with E-state index in [2.05, 4.69) is 17.0 Å². The van der Waals surface area contributed by atoms with E-state index < -0.39 is 0 Å². The fourth-order valence-electron chi connectivity index (χ4n) is 2.73. The molecule has 0 amide bonds. The first-order valence-corrected chi connectivity index (χ1v) is 6.86. The van der Waals surface area contributed by atoms with Crippen molar-refractivity contribution >= 4 is 5.84 Å². The van der Waals surface area contributed by atoms with Gasteiger partial charge < -0.3 is 15.7 Å². The van der Waals surface area contributed by atoms with E-state index in [-0.39, 0.29) is 0 Å². The molecule has 3 N–H and O–H groups in total. The summed E-state index contributed by atoms with van der Waals surface area (Å²) in [4.78, 5) is 2.43. The molecule has 0 aromatic carbocycles. The first kappa shape index (κ1) is 15.2. The van der Waals surface area contributed by atoms with Crippen molar-refractivity contribution in [1.82, 2.24) is 4.90 Å². The van der Waals surface area contributed by atoms with Crippen molar-refractivity contribution in [3.63, 3.8) is 0 Å². The van der Waals surface area contributed by atoms with Gasteiger partial charge >= 0.3 is 0 Å². The largest absolute Gasteiger partial charge is 0.409 e. The summed E-state index contributed by atoms with van der Waals surface area (Å²) < 4.78 is 5.17. The predicted molar refractivity (Wildman–Crippen MR) is 72.9 cm³/mol. The molecule has 0 aliphatic heterocycles. The minimum absolute atomic E-state index is 0.307. The van der Waals surface area contributed by atoms with E-state index in [1.54, 1.807) is 7.11 Å². The Balaban J connectivity index is 2.47. The third-order valence-electron chi connectivity index (χ3n) is 3.79. The third kappa shape index (κ3) is 5.23. The first-order chi connectivity index (χ1) is 8.67. The van der Waals surface area contributed by atoms with Crippen LogP contribution in [0.15, 0.2) is 5.16 Å². The van der Waals surface area contributed by atoms with Crippen LogP contribution in [-0.4, -0.2) is 48.8 Å². The van der Waals surface area contributed by atoms with Gasteiger partial charge in [-0.25, -0.2) is 0 Å². The third-order valence-corrected chi connectivity index (χ3v) is 3.79. The number of hydrogen-bond donors (Lipinski definition) is 2. The van der Waals surface area contributed by atoms with Crippen molar-refractivity contribution < 1.29 is 9.94 Å². The zero-order valence-corrected chi connectivity index (χ0v) is 11.6. The van der Waals surface area contributed by atoms with Gasteiger partial charge in [-0.05, 0) is 18.8 Å². The summed E-state index contributed by atoms with van der Waals surface area (Å²) in [5.74, 6) is 1.11. The van der Waals surface area contributed by atoms with E-state index in [0.717, 1.165) is 25.6 Å². The summed E-state index contributed by atoms with van der Waals surface area (Å²) in [6.45, 7) is 4.83. The highest BCUT2D eigenvalue weighted by molar-refractivity contribution is 5.79. The average molecular weight is 257 g/mol. The van der Waals surface area contributed by atoms with Crippen molar-refractivity contribution in [2.75, 3.05) is 26.8 Å². The lowest BCUT2D eigenvalue weighted by Gasteiger charge is -2.36. The highest BCUT2D eigenvalue weighted by atomic mass is 16.5. The summed E-state index contributed by atoms with van der Waals surface area (Å²) in [5.41, 5.74) is 5.55. The number of hydrogen-bond acceptors (Lipinski definition) is 4. The second kappa shape index (κ2) is 8.32. The van der Waals surface area contributed by atoms with Crippen LogP contribution in [-0.2, 0) is 4.74 Å². The van der Waals surface area contributed by atoms with E-state index in [0.29, 0.717) is 18.3 Å². The van der Waals surface area contributed by atoms with Gasteiger partial charge in [0.1, 0.15) is 5.84 Å². The van der Waals surface area contributed by atoms with E-state index >= 15 is 0 Å². The Hall–Kier alpha value is -0.810. The van der Waals surface area contributed by atoms with E-state index in [1.807, 2.05) is 0 Å². The van der Waals surface area contributed by atoms with Gasteiger partial charge in [0.05, 0.1) is 6.61 Å². The molecule has 2 atom stereocenters. The molecule has 2 unspecified atom stereocenters. The van der Waals surface area contributed by atoms with Crippen molar-refractivity contribution in [3.8, 4) is 0 Å². The molecule has 0 saturated heterocycles. The maximum atomic E-state index is 8.60. The van der Waals surface area contributed by atoms with Gasteiger partial charge in [-0.1, -0.05) is 24.9 Å². The first-order valence-electron chi connectivity index (χ1n) is 6.86. The monoisotopic (exact) mass is 257 g/mol. The highest BCUT2D eigenvalue weighted by Crippen LogP contribution is 2.27. The topological polar surface area (TPSA) is 71.1 Å². The Morgan fingerprint density at radius 3 is 2.83 bits per heavy atom. The van der Waals surface area contributed by atoms with Crippen LogP contribution in [0.4, 0.5) is 0 Å². The molecule has 5 nitrogen and oxygen atoms in total. The highest BCUT2D eigenvalue weighted by Gasteiger charge is 2.24. The van der Waals surface area contributed by atoms with Gasteiger partial charge in [-0.15, -0.1) is 0 Å². The Bertz CT molecular complexity index is 259. The van der Waals surface area contributed by atoms with Gasteiger partial charge in [-0.2, -0.15) is 0 Å². The Labute approximate surface area is 110 Å². The van der Waals surface area contributed by atoms with E-state index in [4.69, 9.17) is 15.7 Å². The number of amidine groups is 1. The van der Waals surface area contributed by atoms with Crippen LogP contribution >= 0.6 is 0 Å². The molecule has 0 aromatic rings. The molecule has 0 spiro atoms. The van der Waals surface area contributed by atoms with Gasteiger partial charge in [0.2, 0.25) is 0 Å². The fraction of sp³-hybridized carbons (Fsp3) is 0.923. The quantitative estimate of drug-likeness (QED) is 0.315. The Morgan fingerprint density at radius 2 is 2.22 bits per heavy atom. The average Bonchev–Trinajstić information content (AvgIpc) is 2.38. The zero-order chi connectivity index (χ0) is 13.4. The normalized spacial score (nSPS) is 25.6. The molecule has 5 heteroatoms. The van der Waals surface area contributed by atoms with Gasteiger partial charge in [0, 0.05) is 32.7 Å². The number of methoxy groups -OCH3 is 1. The standard InChI is InChI=1S/C13H27N3O2/c1-11-4-3-5-12(10-11)16(8-9-18-2)7-6-13(14)15-17/h11-12,17H,3-10H2,1-2H3,(H2,14,15). The number of nitrogens with zero attached hydrogens (tertiary/aromatic N) is 2. The number of ether oxygens (including phenoxy) is 1. The summed E-state index contributed by atoms with van der Waals surface area (Å²) >= 11 is 0. The second-order valence-corrected chi connectivity index (χ2v) is 5.30. The molecule has 106 valence electrons. The second-order valence-electron chi connectivity index (χ2n) is 5.30. The van der Waals surface area contributed by atoms with Crippen LogP contribution in [0.2, 0.25) is 0 Å². The number of nitrogens with two attached hydrogens (primary N) is 1.